The van der Waals surface area contributed by atoms with Gasteiger partial charge in [-0.25, -0.2) is 0 Å². The Morgan fingerprint density at radius 1 is 1.17 bits per heavy atom. The average molecular weight is 335 g/mol. The number of benzene rings is 1. The van der Waals surface area contributed by atoms with E-state index in [9.17, 15) is 8.42 Å². The number of hydrogen-bond acceptors (Lipinski definition) is 4. The molecule has 1 aromatic rings. The monoisotopic (exact) mass is 334 g/mol. The van der Waals surface area contributed by atoms with Crippen LogP contribution in [0.5, 0.6) is 5.75 Å². The zero-order valence-corrected chi connectivity index (χ0v) is 12.4. The van der Waals surface area contributed by atoms with E-state index < -0.39 is 10.1 Å². The largest absolute Gasteiger partial charge is 0.488 e. The molecule has 2 atom stereocenters. The molecule has 18 heavy (non-hydrogen) atoms. The van der Waals surface area contributed by atoms with Crippen molar-refractivity contribution in [3.05, 3.63) is 28.7 Å². The summed E-state index contributed by atoms with van der Waals surface area (Å²) in [6.45, 7) is 0. The maximum Gasteiger partial charge on any atom is 0.264 e. The van der Waals surface area contributed by atoms with E-state index in [2.05, 4.69) is 15.9 Å². The topological polar surface area (TPSA) is 52.6 Å². The molecule has 0 aliphatic heterocycles. The summed E-state index contributed by atoms with van der Waals surface area (Å²) in [6.07, 6.45) is 2.96. The van der Waals surface area contributed by atoms with Gasteiger partial charge in [0.05, 0.1) is 6.26 Å². The second-order valence-corrected chi connectivity index (χ2v) is 6.90. The fourth-order valence-electron chi connectivity index (χ4n) is 2.05. The van der Waals surface area contributed by atoms with Gasteiger partial charge in [0, 0.05) is 4.47 Å². The minimum atomic E-state index is -3.43. The summed E-state index contributed by atoms with van der Waals surface area (Å²) in [7, 11) is -3.43. The van der Waals surface area contributed by atoms with Gasteiger partial charge < -0.3 is 4.74 Å². The molecule has 0 unspecified atom stereocenters. The molecule has 1 fully saturated rings. The van der Waals surface area contributed by atoms with Crippen LogP contribution in [0.15, 0.2) is 28.7 Å². The van der Waals surface area contributed by atoms with Gasteiger partial charge in [-0.05, 0) is 43.5 Å². The minimum Gasteiger partial charge on any atom is -0.488 e. The van der Waals surface area contributed by atoms with Crippen molar-refractivity contribution >= 4 is 26.0 Å². The predicted molar refractivity (Wildman–Crippen MR) is 72.1 cm³/mol. The smallest absolute Gasteiger partial charge is 0.264 e. The molecular weight excluding hydrogens is 320 g/mol. The first-order valence-corrected chi connectivity index (χ1v) is 8.35. The van der Waals surface area contributed by atoms with Crippen LogP contribution in [0.1, 0.15) is 19.3 Å². The van der Waals surface area contributed by atoms with Crippen LogP contribution in [0.3, 0.4) is 0 Å². The molecule has 0 spiro atoms. The Bertz CT molecular complexity index is 497. The van der Waals surface area contributed by atoms with Crippen molar-refractivity contribution in [2.45, 2.75) is 31.5 Å². The number of ether oxygens (including phenoxy) is 1. The quantitative estimate of drug-likeness (QED) is 0.794. The highest BCUT2D eigenvalue weighted by molar-refractivity contribution is 9.10. The maximum absolute atomic E-state index is 11.1. The number of halogens is 1. The van der Waals surface area contributed by atoms with Gasteiger partial charge in [-0.3, -0.25) is 4.18 Å². The molecule has 0 amide bonds. The second-order valence-electron chi connectivity index (χ2n) is 4.38. The highest BCUT2D eigenvalue weighted by atomic mass is 79.9. The molecule has 2 rings (SSSR count). The van der Waals surface area contributed by atoms with Crippen molar-refractivity contribution in [3.63, 3.8) is 0 Å². The van der Waals surface area contributed by atoms with Gasteiger partial charge in [-0.2, -0.15) is 8.42 Å². The van der Waals surface area contributed by atoms with E-state index in [4.69, 9.17) is 8.92 Å². The lowest BCUT2D eigenvalue weighted by Gasteiger charge is -2.20. The molecule has 1 aliphatic rings. The molecule has 1 aliphatic carbocycles. The standard InChI is InChI=1S/C12H15BrO4S/c1-18(14,15)17-12-4-2-3-11(12)16-10-7-5-9(13)6-8-10/h5-8,11-12H,2-4H2,1H3/t11-,12-/m0/s1. The first kappa shape index (κ1) is 13.8. The Hall–Kier alpha value is -0.590. The van der Waals surface area contributed by atoms with Crippen LogP contribution in [0.2, 0.25) is 0 Å². The molecule has 1 aromatic carbocycles. The summed E-state index contributed by atoms with van der Waals surface area (Å²) in [4.78, 5) is 0. The summed E-state index contributed by atoms with van der Waals surface area (Å²) in [5.41, 5.74) is 0. The summed E-state index contributed by atoms with van der Waals surface area (Å²) in [5, 5.41) is 0. The zero-order valence-electron chi connectivity index (χ0n) is 10.0. The van der Waals surface area contributed by atoms with Crippen LogP contribution < -0.4 is 4.74 Å². The van der Waals surface area contributed by atoms with Crippen molar-refractivity contribution in [2.24, 2.45) is 0 Å². The van der Waals surface area contributed by atoms with Crippen molar-refractivity contribution in [3.8, 4) is 5.75 Å². The molecule has 0 saturated heterocycles. The molecule has 1 saturated carbocycles. The van der Waals surface area contributed by atoms with Gasteiger partial charge in [0.1, 0.15) is 18.0 Å². The van der Waals surface area contributed by atoms with Crippen LogP contribution in [0, 0.1) is 0 Å². The first-order valence-electron chi connectivity index (χ1n) is 5.74. The molecule has 6 heteroatoms. The van der Waals surface area contributed by atoms with Gasteiger partial charge in [-0.15, -0.1) is 0 Å². The summed E-state index contributed by atoms with van der Waals surface area (Å²) in [6, 6.07) is 7.47. The first-order chi connectivity index (χ1) is 8.44. The Kier molecular flexibility index (Phi) is 4.29. The fraction of sp³-hybridized carbons (Fsp3) is 0.500. The Morgan fingerprint density at radius 2 is 1.78 bits per heavy atom. The van der Waals surface area contributed by atoms with Crippen LogP contribution >= 0.6 is 15.9 Å². The molecule has 0 radical (unpaired) electrons. The molecule has 4 nitrogen and oxygen atoms in total. The summed E-state index contributed by atoms with van der Waals surface area (Å²) >= 11 is 3.35. The third-order valence-electron chi connectivity index (χ3n) is 2.79. The van der Waals surface area contributed by atoms with Crippen LogP contribution in [0.25, 0.3) is 0 Å². The van der Waals surface area contributed by atoms with Gasteiger partial charge in [0.25, 0.3) is 10.1 Å². The Labute approximate surface area is 116 Å². The van der Waals surface area contributed by atoms with Crippen molar-refractivity contribution in [1.82, 2.24) is 0 Å². The van der Waals surface area contributed by atoms with Gasteiger partial charge in [0.2, 0.25) is 0 Å². The Balaban J connectivity index is 2.01. The molecular formula is C12H15BrO4S. The third-order valence-corrected chi connectivity index (χ3v) is 3.92. The number of hydrogen-bond donors (Lipinski definition) is 0. The lowest BCUT2D eigenvalue weighted by molar-refractivity contribution is 0.0832. The lowest BCUT2D eigenvalue weighted by atomic mass is 10.2. The van der Waals surface area contributed by atoms with E-state index in [-0.39, 0.29) is 12.2 Å². The molecule has 0 heterocycles. The van der Waals surface area contributed by atoms with Crippen LogP contribution in [0.4, 0.5) is 0 Å². The highest BCUT2D eigenvalue weighted by Crippen LogP contribution is 2.28. The van der Waals surface area contributed by atoms with E-state index in [1.165, 1.54) is 0 Å². The zero-order chi connectivity index (χ0) is 13.2. The van der Waals surface area contributed by atoms with Crippen molar-refractivity contribution < 1.29 is 17.3 Å². The molecule has 0 bridgehead atoms. The van der Waals surface area contributed by atoms with E-state index in [0.29, 0.717) is 6.42 Å². The maximum atomic E-state index is 11.1. The molecule has 0 N–H and O–H groups in total. The fourth-order valence-corrected chi connectivity index (χ4v) is 2.98. The third kappa shape index (κ3) is 3.96. The summed E-state index contributed by atoms with van der Waals surface area (Å²) < 4.78 is 34.1. The minimum absolute atomic E-state index is 0.194. The van der Waals surface area contributed by atoms with E-state index in [1.54, 1.807) is 0 Å². The second kappa shape index (κ2) is 5.59. The molecule has 100 valence electrons. The van der Waals surface area contributed by atoms with Crippen molar-refractivity contribution in [1.29, 1.82) is 0 Å². The SMILES string of the molecule is CS(=O)(=O)O[C@H]1CCC[C@@H]1Oc1ccc(Br)cc1. The number of rotatable bonds is 4. The van der Waals surface area contributed by atoms with Crippen molar-refractivity contribution in [2.75, 3.05) is 6.26 Å². The van der Waals surface area contributed by atoms with E-state index >= 15 is 0 Å². The average Bonchev–Trinajstić information content (AvgIpc) is 2.67. The Morgan fingerprint density at radius 3 is 2.39 bits per heavy atom. The lowest BCUT2D eigenvalue weighted by Crippen LogP contribution is -2.30. The normalized spacial score (nSPS) is 24.1. The van der Waals surface area contributed by atoms with E-state index in [0.717, 1.165) is 29.3 Å². The van der Waals surface area contributed by atoms with E-state index in [1.807, 2.05) is 24.3 Å². The predicted octanol–water partition coefficient (Wildman–Crippen LogP) is 2.73. The highest BCUT2D eigenvalue weighted by Gasteiger charge is 2.32. The van der Waals surface area contributed by atoms with Gasteiger partial charge in [-0.1, -0.05) is 15.9 Å². The summed E-state index contributed by atoms with van der Waals surface area (Å²) in [5.74, 6) is 0.729. The van der Waals surface area contributed by atoms with Crippen LogP contribution in [-0.2, 0) is 14.3 Å². The molecule has 0 aromatic heterocycles. The van der Waals surface area contributed by atoms with Crippen LogP contribution in [-0.4, -0.2) is 26.9 Å². The van der Waals surface area contributed by atoms with Gasteiger partial charge in [0.15, 0.2) is 0 Å². The van der Waals surface area contributed by atoms with Gasteiger partial charge >= 0.3 is 0 Å².